The molecule has 2 rings (SSSR count). The highest BCUT2D eigenvalue weighted by atomic mass is 35.5. The molecule has 146 valence electrons. The number of likely N-dealkylation sites (N-methyl/N-ethyl adjacent to an activating group) is 1. The number of rotatable bonds is 5. The zero-order valence-corrected chi connectivity index (χ0v) is 16.3. The van der Waals surface area contributed by atoms with Gasteiger partial charge in [0.05, 0.1) is 11.4 Å². The lowest BCUT2D eigenvalue weighted by Gasteiger charge is -2.39. The van der Waals surface area contributed by atoms with Crippen molar-refractivity contribution in [2.45, 2.75) is 50.5 Å². The third-order valence-electron chi connectivity index (χ3n) is 4.97. The van der Waals surface area contributed by atoms with Gasteiger partial charge in [0.1, 0.15) is 5.75 Å². The summed E-state index contributed by atoms with van der Waals surface area (Å²) in [7, 11) is 4.22. The van der Waals surface area contributed by atoms with Crippen LogP contribution in [-0.4, -0.2) is 53.7 Å². The smallest absolute Gasteiger partial charge is 0.290 e. The van der Waals surface area contributed by atoms with E-state index in [-0.39, 0.29) is 35.1 Å². The Labute approximate surface area is 160 Å². The first kappa shape index (κ1) is 22.3. The lowest BCUT2D eigenvalue weighted by molar-refractivity contribution is -0.123. The van der Waals surface area contributed by atoms with Gasteiger partial charge < -0.3 is 20.4 Å². The number of amides is 1. The molecular weight excluding hydrogens is 356 g/mol. The zero-order chi connectivity index (χ0) is 19.6. The van der Waals surface area contributed by atoms with Crippen LogP contribution in [0.5, 0.6) is 5.75 Å². The number of hydrogen-bond donors (Lipinski definition) is 3. The predicted octanol–water partition coefficient (Wildman–Crippen LogP) is 3.06. The quantitative estimate of drug-likeness (QED) is 0.536. The molecule has 0 spiro atoms. The fourth-order valence-corrected chi connectivity index (χ4v) is 3.54. The van der Waals surface area contributed by atoms with Crippen LogP contribution in [0.4, 0.5) is 0 Å². The van der Waals surface area contributed by atoms with Crippen LogP contribution < -0.4 is 5.32 Å². The summed E-state index contributed by atoms with van der Waals surface area (Å²) in [5, 5.41) is 19.7. The van der Waals surface area contributed by atoms with Crippen molar-refractivity contribution in [3.05, 3.63) is 28.8 Å². The maximum Gasteiger partial charge on any atom is 0.290 e. The number of phenolic OH excluding ortho intramolecular Hbond substituents is 1. The number of carbonyl (C=O) groups excluding carboxylic acids is 1. The van der Waals surface area contributed by atoms with Crippen LogP contribution in [0.25, 0.3) is 0 Å². The molecule has 3 N–H and O–H groups in total. The van der Waals surface area contributed by atoms with Gasteiger partial charge in [0, 0.05) is 12.1 Å². The molecule has 0 radical (unpaired) electrons. The summed E-state index contributed by atoms with van der Waals surface area (Å²) in [4.78, 5) is 22.9. The Hall–Kier alpha value is -1.79. The molecule has 7 heteroatoms. The molecule has 1 aliphatic carbocycles. The first-order valence-electron chi connectivity index (χ1n) is 8.84. The summed E-state index contributed by atoms with van der Waals surface area (Å²) in [6.45, 7) is 0.435. The Morgan fingerprint density at radius 1 is 1.27 bits per heavy atom. The monoisotopic (exact) mass is 384 g/mol. The number of benzene rings is 1. The molecule has 26 heavy (non-hydrogen) atoms. The molecule has 0 unspecified atom stereocenters. The SMILES string of the molecule is CN(C)C1(CNC(=O)Cc2ccc(O)c(Cl)c2)CCCCCC1.O=CO. The van der Waals surface area contributed by atoms with Crippen LogP contribution in [0.15, 0.2) is 18.2 Å². The lowest BCUT2D eigenvalue weighted by Crippen LogP contribution is -2.52. The largest absolute Gasteiger partial charge is 0.506 e. The third kappa shape index (κ3) is 6.84. The minimum Gasteiger partial charge on any atom is -0.506 e. The highest BCUT2D eigenvalue weighted by Gasteiger charge is 2.33. The topological polar surface area (TPSA) is 89.9 Å². The summed E-state index contributed by atoms with van der Waals surface area (Å²) < 4.78 is 0. The molecule has 1 aromatic carbocycles. The second-order valence-corrected chi connectivity index (χ2v) is 7.28. The van der Waals surface area contributed by atoms with Crippen LogP contribution >= 0.6 is 11.6 Å². The van der Waals surface area contributed by atoms with E-state index >= 15 is 0 Å². The minimum atomic E-state index is -0.250. The van der Waals surface area contributed by atoms with Gasteiger partial charge in [-0.05, 0) is 44.6 Å². The number of carbonyl (C=O) groups is 2. The molecular formula is C19H29ClN2O4. The number of halogens is 1. The van der Waals surface area contributed by atoms with E-state index in [0.29, 0.717) is 6.54 Å². The Morgan fingerprint density at radius 2 is 1.85 bits per heavy atom. The van der Waals surface area contributed by atoms with Crippen LogP contribution in [-0.2, 0) is 16.0 Å². The molecule has 1 aromatic rings. The molecule has 1 amide bonds. The van der Waals surface area contributed by atoms with Gasteiger partial charge in [-0.3, -0.25) is 9.59 Å². The van der Waals surface area contributed by atoms with Gasteiger partial charge in [0.25, 0.3) is 6.47 Å². The Kier molecular flexibility index (Phi) is 9.44. The zero-order valence-electron chi connectivity index (χ0n) is 15.5. The average Bonchev–Trinajstić information content (AvgIpc) is 2.84. The maximum atomic E-state index is 12.3. The Balaban J connectivity index is 0.00000105. The number of phenols is 1. The van der Waals surface area contributed by atoms with Crippen LogP contribution in [0, 0.1) is 0 Å². The number of nitrogens with zero attached hydrogens (tertiary/aromatic N) is 1. The van der Waals surface area contributed by atoms with Crippen molar-refractivity contribution in [1.29, 1.82) is 0 Å². The summed E-state index contributed by atoms with van der Waals surface area (Å²) in [5.74, 6) is 0.0399. The standard InChI is InChI=1S/C18H27ClN2O2.CH2O2/c1-21(2)18(9-5-3-4-6-10-18)13-20-17(23)12-14-7-8-16(22)15(19)11-14;2-1-3/h7-8,11,22H,3-6,9-10,12-13H2,1-2H3,(H,20,23);1H,(H,2,3). The van der Waals surface area contributed by atoms with Crippen molar-refractivity contribution in [2.24, 2.45) is 0 Å². The van der Waals surface area contributed by atoms with E-state index in [1.165, 1.54) is 31.7 Å². The van der Waals surface area contributed by atoms with Crippen molar-refractivity contribution >= 4 is 24.0 Å². The second kappa shape index (κ2) is 11.0. The van der Waals surface area contributed by atoms with Gasteiger partial charge in [-0.25, -0.2) is 0 Å². The van der Waals surface area contributed by atoms with Gasteiger partial charge in [-0.15, -0.1) is 0 Å². The highest BCUT2D eigenvalue weighted by Crippen LogP contribution is 2.30. The van der Waals surface area contributed by atoms with Gasteiger partial charge in [0.2, 0.25) is 5.91 Å². The predicted molar refractivity (Wildman–Crippen MR) is 103 cm³/mol. The number of aromatic hydroxyl groups is 1. The van der Waals surface area contributed by atoms with Crippen LogP contribution in [0.1, 0.15) is 44.1 Å². The van der Waals surface area contributed by atoms with Crippen molar-refractivity contribution in [1.82, 2.24) is 10.2 Å². The molecule has 0 bridgehead atoms. The fourth-order valence-electron chi connectivity index (χ4n) is 3.34. The molecule has 0 atom stereocenters. The van der Waals surface area contributed by atoms with Crippen LogP contribution in [0.3, 0.4) is 0 Å². The van der Waals surface area contributed by atoms with Gasteiger partial charge >= 0.3 is 0 Å². The highest BCUT2D eigenvalue weighted by molar-refractivity contribution is 6.32. The maximum absolute atomic E-state index is 12.3. The van der Waals surface area contributed by atoms with Gasteiger partial charge in [-0.2, -0.15) is 0 Å². The summed E-state index contributed by atoms with van der Waals surface area (Å²) in [6.07, 6.45) is 7.56. The van der Waals surface area contributed by atoms with E-state index in [1.807, 2.05) is 0 Å². The summed E-state index contributed by atoms with van der Waals surface area (Å²) in [6, 6.07) is 4.90. The van der Waals surface area contributed by atoms with Crippen molar-refractivity contribution < 1.29 is 19.8 Å². The molecule has 0 aliphatic heterocycles. The van der Waals surface area contributed by atoms with Crippen LogP contribution in [0.2, 0.25) is 5.02 Å². The van der Waals surface area contributed by atoms with Gasteiger partial charge in [0.15, 0.2) is 0 Å². The van der Waals surface area contributed by atoms with Crippen molar-refractivity contribution in [3.8, 4) is 5.75 Å². The van der Waals surface area contributed by atoms with E-state index in [1.54, 1.807) is 12.1 Å². The number of carboxylic acid groups (broad SMARTS) is 1. The average molecular weight is 385 g/mol. The van der Waals surface area contributed by atoms with E-state index in [0.717, 1.165) is 18.4 Å². The molecule has 1 fully saturated rings. The van der Waals surface area contributed by atoms with E-state index in [9.17, 15) is 9.90 Å². The first-order chi connectivity index (χ1) is 12.3. The lowest BCUT2D eigenvalue weighted by atomic mass is 9.88. The molecule has 1 aliphatic rings. The van der Waals surface area contributed by atoms with E-state index in [2.05, 4.69) is 24.3 Å². The normalized spacial score (nSPS) is 16.2. The van der Waals surface area contributed by atoms with E-state index < -0.39 is 0 Å². The van der Waals surface area contributed by atoms with Crippen molar-refractivity contribution in [3.63, 3.8) is 0 Å². The number of nitrogens with one attached hydrogen (secondary N) is 1. The molecule has 1 saturated carbocycles. The Bertz CT molecular complexity index is 585. The summed E-state index contributed by atoms with van der Waals surface area (Å²) in [5.41, 5.74) is 0.878. The molecule has 0 aromatic heterocycles. The van der Waals surface area contributed by atoms with Crippen molar-refractivity contribution in [2.75, 3.05) is 20.6 Å². The fraction of sp³-hybridized carbons (Fsp3) is 0.579. The van der Waals surface area contributed by atoms with Gasteiger partial charge in [-0.1, -0.05) is 43.4 Å². The minimum absolute atomic E-state index is 0.00257. The van der Waals surface area contributed by atoms with E-state index in [4.69, 9.17) is 21.5 Å². The molecule has 6 nitrogen and oxygen atoms in total. The molecule has 0 heterocycles. The third-order valence-corrected chi connectivity index (χ3v) is 5.28. The second-order valence-electron chi connectivity index (χ2n) is 6.88. The summed E-state index contributed by atoms with van der Waals surface area (Å²) >= 11 is 5.89. The number of hydrogen-bond acceptors (Lipinski definition) is 4. The molecule has 0 saturated heterocycles. The Morgan fingerprint density at radius 3 is 2.35 bits per heavy atom. The first-order valence-corrected chi connectivity index (χ1v) is 9.22.